The smallest absolute Gasteiger partial charge is 0.102 e. The summed E-state index contributed by atoms with van der Waals surface area (Å²) in [6.45, 7) is 0.736. The van der Waals surface area contributed by atoms with Gasteiger partial charge in [-0.2, -0.15) is 0 Å². The molecule has 0 aromatic heterocycles. The van der Waals surface area contributed by atoms with Crippen molar-refractivity contribution in [3.63, 3.8) is 0 Å². The van der Waals surface area contributed by atoms with Gasteiger partial charge in [0.2, 0.25) is 0 Å². The molecule has 0 fully saturated rings. The first-order valence-corrected chi connectivity index (χ1v) is 3.79. The number of hydrogen-bond donors (Lipinski definition) is 1. The fourth-order valence-electron chi connectivity index (χ4n) is 0.574. The van der Waals surface area contributed by atoms with Crippen molar-refractivity contribution in [2.75, 3.05) is 20.6 Å². The molecule has 0 spiro atoms. The lowest BCUT2D eigenvalue weighted by Crippen LogP contribution is -2.22. The van der Waals surface area contributed by atoms with Crippen molar-refractivity contribution in [2.45, 2.75) is 6.42 Å². The molecule has 4 heteroatoms. The van der Waals surface area contributed by atoms with E-state index < -0.39 is 0 Å². The number of nitrogens with one attached hydrogen (secondary N) is 1. The number of halogens is 1. The molecule has 0 amide bonds. The lowest BCUT2D eigenvalue weighted by atomic mass is 10.4. The van der Waals surface area contributed by atoms with Crippen LogP contribution in [0.2, 0.25) is 0 Å². The summed E-state index contributed by atoms with van der Waals surface area (Å²) >= 11 is 4.90. The molecule has 0 heterocycles. The highest BCUT2D eigenvalue weighted by Crippen LogP contribution is 1.90. The summed E-state index contributed by atoms with van der Waals surface area (Å²) in [5.74, 6) is 0. The highest BCUT2D eigenvalue weighted by atomic mass is 32.1. The van der Waals surface area contributed by atoms with Gasteiger partial charge >= 0.3 is 0 Å². The standard InChI is InChI=1S/C7H13FN2S/c1-9-7(11)3-5-10(2)6-4-8/h4,6H,3,5H2,1-2H3,(H,9,11). The van der Waals surface area contributed by atoms with Gasteiger partial charge in [-0.05, 0) is 0 Å². The number of hydrogen-bond acceptors (Lipinski definition) is 2. The van der Waals surface area contributed by atoms with E-state index >= 15 is 0 Å². The molecule has 1 N–H and O–H groups in total. The molecule has 0 aliphatic rings. The highest BCUT2D eigenvalue weighted by molar-refractivity contribution is 7.80. The zero-order valence-corrected chi connectivity index (χ0v) is 7.62. The van der Waals surface area contributed by atoms with E-state index in [9.17, 15) is 4.39 Å². The fourth-order valence-corrected chi connectivity index (χ4v) is 0.665. The Balaban J connectivity index is 3.45. The third-order valence-corrected chi connectivity index (χ3v) is 1.69. The topological polar surface area (TPSA) is 15.3 Å². The van der Waals surface area contributed by atoms with Gasteiger partial charge in [0.1, 0.15) is 6.33 Å². The first-order chi connectivity index (χ1) is 5.20. The molecular formula is C7H13FN2S. The second-order valence-corrected chi connectivity index (χ2v) is 2.67. The molecule has 2 nitrogen and oxygen atoms in total. The van der Waals surface area contributed by atoms with Gasteiger partial charge in [-0.25, -0.2) is 4.39 Å². The average Bonchev–Trinajstić information content (AvgIpc) is 2.01. The molecule has 0 atom stereocenters. The van der Waals surface area contributed by atoms with Gasteiger partial charge in [0.15, 0.2) is 0 Å². The molecule has 0 saturated heterocycles. The molecule has 11 heavy (non-hydrogen) atoms. The van der Waals surface area contributed by atoms with Crippen LogP contribution in [-0.2, 0) is 0 Å². The predicted octanol–water partition coefficient (Wildman–Crippen LogP) is 1.30. The van der Waals surface area contributed by atoms with E-state index in [4.69, 9.17) is 12.2 Å². The van der Waals surface area contributed by atoms with E-state index in [2.05, 4.69) is 5.32 Å². The second-order valence-electron chi connectivity index (χ2n) is 2.18. The summed E-state index contributed by atoms with van der Waals surface area (Å²) < 4.78 is 11.6. The molecule has 0 aliphatic carbocycles. The van der Waals surface area contributed by atoms with Crippen molar-refractivity contribution in [3.05, 3.63) is 12.5 Å². The number of nitrogens with zero attached hydrogens (tertiary/aromatic N) is 1. The number of thiocarbonyl (C=S) groups is 1. The van der Waals surface area contributed by atoms with Crippen LogP contribution in [0.25, 0.3) is 0 Å². The van der Waals surface area contributed by atoms with Crippen LogP contribution in [0.15, 0.2) is 12.5 Å². The molecule has 0 saturated carbocycles. The summed E-state index contributed by atoms with van der Waals surface area (Å²) in [6.07, 6.45) is 2.65. The minimum Gasteiger partial charge on any atom is -0.383 e. The van der Waals surface area contributed by atoms with Crippen LogP contribution < -0.4 is 5.32 Å². The van der Waals surface area contributed by atoms with Crippen LogP contribution >= 0.6 is 12.2 Å². The summed E-state index contributed by atoms with van der Waals surface area (Å²) in [5, 5.41) is 2.85. The van der Waals surface area contributed by atoms with E-state index in [0.29, 0.717) is 6.33 Å². The van der Waals surface area contributed by atoms with Crippen LogP contribution in [0.1, 0.15) is 6.42 Å². The van der Waals surface area contributed by atoms with Gasteiger partial charge in [0.25, 0.3) is 0 Å². The van der Waals surface area contributed by atoms with E-state index in [0.717, 1.165) is 18.0 Å². The van der Waals surface area contributed by atoms with Crippen LogP contribution in [0.3, 0.4) is 0 Å². The minimum absolute atomic E-state index is 0.516. The Morgan fingerprint density at radius 3 is 2.82 bits per heavy atom. The Labute approximate surface area is 72.1 Å². The van der Waals surface area contributed by atoms with Crippen molar-refractivity contribution >= 4 is 17.2 Å². The Kier molecular flexibility index (Phi) is 5.74. The maximum atomic E-state index is 11.6. The van der Waals surface area contributed by atoms with Crippen molar-refractivity contribution in [1.82, 2.24) is 10.2 Å². The van der Waals surface area contributed by atoms with Crippen LogP contribution in [-0.4, -0.2) is 30.5 Å². The quantitative estimate of drug-likeness (QED) is 0.650. The van der Waals surface area contributed by atoms with Gasteiger partial charge in [0.05, 0.1) is 4.99 Å². The molecule has 0 aliphatic heterocycles. The Morgan fingerprint density at radius 1 is 1.73 bits per heavy atom. The Bertz CT molecular complexity index is 147. The van der Waals surface area contributed by atoms with Crippen molar-refractivity contribution in [2.24, 2.45) is 0 Å². The Morgan fingerprint density at radius 2 is 2.36 bits per heavy atom. The zero-order chi connectivity index (χ0) is 8.69. The van der Waals surface area contributed by atoms with Crippen LogP contribution in [0.4, 0.5) is 4.39 Å². The van der Waals surface area contributed by atoms with E-state index in [1.807, 2.05) is 0 Å². The van der Waals surface area contributed by atoms with Crippen molar-refractivity contribution in [3.8, 4) is 0 Å². The van der Waals surface area contributed by atoms with Gasteiger partial charge in [-0.15, -0.1) is 0 Å². The molecule has 0 unspecified atom stereocenters. The largest absolute Gasteiger partial charge is 0.383 e. The van der Waals surface area contributed by atoms with Crippen LogP contribution in [0, 0.1) is 0 Å². The molecular weight excluding hydrogens is 163 g/mol. The van der Waals surface area contributed by atoms with Gasteiger partial charge in [-0.1, -0.05) is 12.2 Å². The summed E-state index contributed by atoms with van der Waals surface area (Å²) in [7, 11) is 3.58. The summed E-state index contributed by atoms with van der Waals surface area (Å²) in [4.78, 5) is 2.54. The third kappa shape index (κ3) is 5.79. The normalized spacial score (nSPS) is 10.1. The predicted molar refractivity (Wildman–Crippen MR) is 49.2 cm³/mol. The van der Waals surface area contributed by atoms with Gasteiger partial charge in [0, 0.05) is 33.3 Å². The summed E-state index contributed by atoms with van der Waals surface area (Å²) in [6, 6.07) is 0. The van der Waals surface area contributed by atoms with Crippen molar-refractivity contribution in [1.29, 1.82) is 0 Å². The van der Waals surface area contributed by atoms with Crippen molar-refractivity contribution < 1.29 is 4.39 Å². The van der Waals surface area contributed by atoms with Gasteiger partial charge < -0.3 is 10.2 Å². The first kappa shape index (κ1) is 10.4. The minimum atomic E-state index is 0.516. The Hall–Kier alpha value is -0.640. The lowest BCUT2D eigenvalue weighted by molar-refractivity contribution is 0.459. The van der Waals surface area contributed by atoms with E-state index in [1.165, 1.54) is 6.20 Å². The zero-order valence-electron chi connectivity index (χ0n) is 6.80. The molecule has 0 aromatic carbocycles. The fraction of sp³-hybridized carbons (Fsp3) is 0.571. The maximum Gasteiger partial charge on any atom is 0.102 e. The monoisotopic (exact) mass is 176 g/mol. The van der Waals surface area contributed by atoms with E-state index in [-0.39, 0.29) is 0 Å². The molecule has 64 valence electrons. The maximum absolute atomic E-state index is 11.6. The molecule has 0 rings (SSSR count). The summed E-state index contributed by atoms with van der Waals surface area (Å²) in [5.41, 5.74) is 0. The SMILES string of the molecule is CNC(=S)CCN(C)C=CF. The molecule has 0 radical (unpaired) electrons. The lowest BCUT2D eigenvalue weighted by Gasteiger charge is -2.12. The van der Waals surface area contributed by atoms with Crippen LogP contribution in [0.5, 0.6) is 0 Å². The first-order valence-electron chi connectivity index (χ1n) is 3.38. The molecule has 0 bridgehead atoms. The molecule has 0 aromatic rings. The average molecular weight is 176 g/mol. The third-order valence-electron chi connectivity index (χ3n) is 1.28. The van der Waals surface area contributed by atoms with Gasteiger partial charge in [-0.3, -0.25) is 0 Å². The second kappa shape index (κ2) is 6.09. The highest BCUT2D eigenvalue weighted by Gasteiger charge is 1.94. The number of rotatable bonds is 4. The van der Waals surface area contributed by atoms with E-state index in [1.54, 1.807) is 19.0 Å².